The minimum absolute atomic E-state index is 0.570. The largest absolute Gasteiger partial charge is 0.456 e. The monoisotopic (exact) mass is 640 g/mol. The molecule has 0 saturated carbocycles. The maximum Gasteiger partial charge on any atom is 0.238 e. The van der Waals surface area contributed by atoms with Crippen LogP contribution in [0.1, 0.15) is 0 Å². The molecule has 0 N–H and O–H groups in total. The number of fused-ring (bicyclic) bond motifs is 6. The van der Waals surface area contributed by atoms with Crippen molar-refractivity contribution in [3.63, 3.8) is 0 Å². The quantitative estimate of drug-likeness (QED) is 0.188. The van der Waals surface area contributed by atoms with E-state index in [1.54, 1.807) is 0 Å². The van der Waals surface area contributed by atoms with Crippen molar-refractivity contribution in [2.24, 2.45) is 0 Å². The zero-order chi connectivity index (χ0) is 33.0. The number of hydrogen-bond acceptors (Lipinski definition) is 4. The third kappa shape index (κ3) is 4.52. The Labute approximate surface area is 287 Å². The van der Waals surface area contributed by atoms with Crippen molar-refractivity contribution in [1.29, 1.82) is 0 Å². The number of rotatable bonds is 5. The fourth-order valence-corrected chi connectivity index (χ4v) is 7.22. The van der Waals surface area contributed by atoms with E-state index >= 15 is 0 Å². The standard InChI is InChI=1S/C45H28N4O/c1-4-14-29(15-5-1)32-26-27-39-36(28-32)42-34(22-13-25-40(42)50-39)33-21-12-24-38-41(33)35-20-10-11-23-37(35)49(38)45-47-43(30-16-6-2-7-17-30)46-44(48-45)31-18-8-3-9-19-31/h1-28H. The van der Waals surface area contributed by atoms with Crippen molar-refractivity contribution in [2.45, 2.75) is 0 Å². The fourth-order valence-electron chi connectivity index (χ4n) is 7.22. The van der Waals surface area contributed by atoms with Gasteiger partial charge in [0.05, 0.1) is 11.0 Å². The SMILES string of the molecule is c1ccc(-c2ccc3oc4cccc(-c5cccc6c5c5ccccc5n6-c5nc(-c6ccccc6)nc(-c6ccccc6)n5)c4c3c2)cc1. The highest BCUT2D eigenvalue weighted by Gasteiger charge is 2.22. The third-order valence-electron chi connectivity index (χ3n) is 9.48. The lowest BCUT2D eigenvalue weighted by atomic mass is 9.94. The number of benzene rings is 7. The second kappa shape index (κ2) is 11.4. The van der Waals surface area contributed by atoms with Crippen LogP contribution < -0.4 is 0 Å². The van der Waals surface area contributed by atoms with Crippen molar-refractivity contribution < 1.29 is 4.42 Å². The Bertz CT molecular complexity index is 2800. The van der Waals surface area contributed by atoms with E-state index in [0.29, 0.717) is 17.6 Å². The zero-order valence-corrected chi connectivity index (χ0v) is 26.9. The Morgan fingerprint density at radius 2 is 0.960 bits per heavy atom. The van der Waals surface area contributed by atoms with Gasteiger partial charge in [0.25, 0.3) is 0 Å². The first kappa shape index (κ1) is 28.2. The molecule has 0 saturated heterocycles. The zero-order valence-electron chi connectivity index (χ0n) is 26.9. The van der Waals surface area contributed by atoms with Crippen molar-refractivity contribution in [3.8, 4) is 51.0 Å². The summed E-state index contributed by atoms with van der Waals surface area (Å²) >= 11 is 0. The molecule has 0 unspecified atom stereocenters. The van der Waals surface area contributed by atoms with Crippen molar-refractivity contribution in [3.05, 3.63) is 170 Å². The number of para-hydroxylation sites is 1. The van der Waals surface area contributed by atoms with Crippen LogP contribution in [0.25, 0.3) is 94.7 Å². The summed E-state index contributed by atoms with van der Waals surface area (Å²) in [7, 11) is 0. The minimum Gasteiger partial charge on any atom is -0.456 e. The van der Waals surface area contributed by atoms with E-state index < -0.39 is 0 Å². The van der Waals surface area contributed by atoms with Crippen LogP contribution in [0.5, 0.6) is 0 Å². The summed E-state index contributed by atoms with van der Waals surface area (Å²) in [4.78, 5) is 15.2. The molecule has 0 radical (unpaired) electrons. The molecular formula is C45H28N4O. The van der Waals surface area contributed by atoms with Crippen LogP contribution in [0, 0.1) is 0 Å². The predicted molar refractivity (Wildman–Crippen MR) is 203 cm³/mol. The minimum atomic E-state index is 0.570. The van der Waals surface area contributed by atoms with Gasteiger partial charge in [-0.1, -0.05) is 140 Å². The molecule has 0 atom stereocenters. The molecule has 3 heterocycles. The molecule has 0 fully saturated rings. The predicted octanol–water partition coefficient (Wildman–Crippen LogP) is 11.5. The van der Waals surface area contributed by atoms with Gasteiger partial charge < -0.3 is 4.42 Å². The van der Waals surface area contributed by atoms with Crippen LogP contribution in [0.3, 0.4) is 0 Å². The normalized spacial score (nSPS) is 11.6. The van der Waals surface area contributed by atoms with Crippen LogP contribution in [0.4, 0.5) is 0 Å². The fraction of sp³-hybridized carbons (Fsp3) is 0. The summed E-state index contributed by atoms with van der Waals surface area (Å²) < 4.78 is 8.63. The molecule has 5 heteroatoms. The van der Waals surface area contributed by atoms with Crippen LogP contribution in [-0.4, -0.2) is 19.5 Å². The van der Waals surface area contributed by atoms with Gasteiger partial charge >= 0.3 is 0 Å². The maximum atomic E-state index is 6.46. The van der Waals surface area contributed by atoms with Crippen molar-refractivity contribution >= 4 is 43.7 Å². The first-order chi connectivity index (χ1) is 24.8. The first-order valence-corrected chi connectivity index (χ1v) is 16.7. The van der Waals surface area contributed by atoms with E-state index in [-0.39, 0.29) is 0 Å². The van der Waals surface area contributed by atoms with Gasteiger partial charge in [0, 0.05) is 32.7 Å². The van der Waals surface area contributed by atoms with E-state index in [1.165, 1.54) is 5.56 Å². The Morgan fingerprint density at radius 1 is 0.380 bits per heavy atom. The lowest BCUT2D eigenvalue weighted by Crippen LogP contribution is -2.06. The highest BCUT2D eigenvalue weighted by molar-refractivity contribution is 6.21. The van der Waals surface area contributed by atoms with Crippen LogP contribution in [-0.2, 0) is 0 Å². The van der Waals surface area contributed by atoms with Crippen molar-refractivity contribution in [1.82, 2.24) is 19.5 Å². The highest BCUT2D eigenvalue weighted by atomic mass is 16.3. The summed E-state index contributed by atoms with van der Waals surface area (Å²) in [6.07, 6.45) is 0. The number of aromatic nitrogens is 4. The van der Waals surface area contributed by atoms with Gasteiger partial charge in [-0.2, -0.15) is 9.97 Å². The summed E-state index contributed by atoms with van der Waals surface area (Å²) in [5.74, 6) is 1.82. The van der Waals surface area contributed by atoms with Gasteiger partial charge in [0.2, 0.25) is 5.95 Å². The maximum absolute atomic E-state index is 6.46. The highest BCUT2D eigenvalue weighted by Crippen LogP contribution is 2.43. The summed E-state index contributed by atoms with van der Waals surface area (Å²) in [6.45, 7) is 0. The molecule has 50 heavy (non-hydrogen) atoms. The Kier molecular flexibility index (Phi) is 6.42. The van der Waals surface area contributed by atoms with Gasteiger partial charge in [-0.25, -0.2) is 4.98 Å². The average molecular weight is 641 g/mol. The smallest absolute Gasteiger partial charge is 0.238 e. The molecule has 0 bridgehead atoms. The van der Waals surface area contributed by atoms with Gasteiger partial charge in [0.15, 0.2) is 11.6 Å². The molecule has 5 nitrogen and oxygen atoms in total. The third-order valence-corrected chi connectivity index (χ3v) is 9.48. The molecule has 0 spiro atoms. The molecule has 10 rings (SSSR count). The molecule has 0 aliphatic rings. The van der Waals surface area contributed by atoms with E-state index in [1.807, 2.05) is 66.7 Å². The van der Waals surface area contributed by atoms with E-state index in [0.717, 1.165) is 71.6 Å². The first-order valence-electron chi connectivity index (χ1n) is 16.7. The summed E-state index contributed by atoms with van der Waals surface area (Å²) in [6, 6.07) is 58.5. The topological polar surface area (TPSA) is 56.7 Å². The summed E-state index contributed by atoms with van der Waals surface area (Å²) in [5.41, 5.74) is 10.2. The van der Waals surface area contributed by atoms with Gasteiger partial charge in [-0.3, -0.25) is 4.57 Å². The molecule has 10 aromatic rings. The number of furan rings is 1. The Hall–Kier alpha value is -6.85. The molecule has 0 amide bonds. The van der Waals surface area contributed by atoms with E-state index in [4.69, 9.17) is 19.4 Å². The molecule has 3 aromatic heterocycles. The second-order valence-electron chi connectivity index (χ2n) is 12.4. The number of hydrogen-bond donors (Lipinski definition) is 0. The molecular weight excluding hydrogens is 613 g/mol. The molecule has 7 aromatic carbocycles. The van der Waals surface area contributed by atoms with Gasteiger partial charge in [-0.15, -0.1) is 0 Å². The molecule has 0 aliphatic heterocycles. The van der Waals surface area contributed by atoms with Crippen molar-refractivity contribution in [2.75, 3.05) is 0 Å². The second-order valence-corrected chi connectivity index (χ2v) is 12.4. The van der Waals surface area contributed by atoms with Crippen LogP contribution >= 0.6 is 0 Å². The lowest BCUT2D eigenvalue weighted by Gasteiger charge is -2.11. The average Bonchev–Trinajstić information content (AvgIpc) is 3.74. The van der Waals surface area contributed by atoms with Gasteiger partial charge in [0.1, 0.15) is 11.2 Å². The number of nitrogens with zero attached hydrogens (tertiary/aromatic N) is 4. The molecule has 0 aliphatic carbocycles. The van der Waals surface area contributed by atoms with E-state index in [2.05, 4.69) is 108 Å². The lowest BCUT2D eigenvalue weighted by molar-refractivity contribution is 0.669. The van der Waals surface area contributed by atoms with E-state index in [9.17, 15) is 0 Å². The summed E-state index contributed by atoms with van der Waals surface area (Å²) in [5, 5.41) is 4.44. The van der Waals surface area contributed by atoms with Crippen LogP contribution in [0.2, 0.25) is 0 Å². The Balaban J connectivity index is 1.25. The molecule has 234 valence electrons. The Morgan fingerprint density at radius 3 is 1.66 bits per heavy atom. The van der Waals surface area contributed by atoms with Gasteiger partial charge in [-0.05, 0) is 52.6 Å². The van der Waals surface area contributed by atoms with Crippen LogP contribution in [0.15, 0.2) is 174 Å².